The molecule has 0 aliphatic heterocycles. The number of hydrogen-bond donors (Lipinski definition) is 0. The van der Waals surface area contributed by atoms with Crippen molar-refractivity contribution in [2.24, 2.45) is 0 Å². The summed E-state index contributed by atoms with van der Waals surface area (Å²) >= 11 is 2.31. The molecule has 0 bridgehead atoms. The first-order valence-electron chi connectivity index (χ1n) is 5.68. The molecular formula is C15H15IO2. The van der Waals surface area contributed by atoms with E-state index in [1.807, 2.05) is 18.2 Å². The Balaban J connectivity index is 2.29. The van der Waals surface area contributed by atoms with Gasteiger partial charge in [-0.15, -0.1) is 0 Å². The Labute approximate surface area is 121 Å². The lowest BCUT2D eigenvalue weighted by atomic mass is 10.0. The standard InChI is InChI=1S/C15H15IO2/c1-17-14-7-8-15(18-2)12(10-14)9-11-3-5-13(16)6-4-11/h3-8,10H,9H2,1-2H3. The number of hydrogen-bond acceptors (Lipinski definition) is 2. The molecule has 2 aromatic carbocycles. The van der Waals surface area contributed by atoms with E-state index < -0.39 is 0 Å². The molecule has 2 rings (SSSR count). The summed E-state index contributed by atoms with van der Waals surface area (Å²) in [7, 11) is 3.37. The maximum atomic E-state index is 5.38. The molecule has 0 saturated carbocycles. The van der Waals surface area contributed by atoms with Crippen LogP contribution < -0.4 is 9.47 Å². The third-order valence-corrected chi connectivity index (χ3v) is 3.51. The lowest BCUT2D eigenvalue weighted by Gasteiger charge is -2.10. The summed E-state index contributed by atoms with van der Waals surface area (Å²) in [6.45, 7) is 0. The van der Waals surface area contributed by atoms with Gasteiger partial charge < -0.3 is 9.47 Å². The van der Waals surface area contributed by atoms with Gasteiger partial charge in [0.15, 0.2) is 0 Å². The zero-order valence-electron chi connectivity index (χ0n) is 10.4. The number of halogens is 1. The fraction of sp³-hybridized carbons (Fsp3) is 0.200. The van der Waals surface area contributed by atoms with Crippen LogP contribution >= 0.6 is 22.6 Å². The van der Waals surface area contributed by atoms with E-state index in [4.69, 9.17) is 9.47 Å². The van der Waals surface area contributed by atoms with E-state index in [1.54, 1.807) is 14.2 Å². The summed E-state index contributed by atoms with van der Waals surface area (Å²) in [5.74, 6) is 1.76. The predicted octanol–water partition coefficient (Wildman–Crippen LogP) is 3.90. The van der Waals surface area contributed by atoms with Gasteiger partial charge in [0.1, 0.15) is 11.5 Å². The van der Waals surface area contributed by atoms with E-state index in [9.17, 15) is 0 Å². The van der Waals surface area contributed by atoms with E-state index >= 15 is 0 Å². The summed E-state index contributed by atoms with van der Waals surface area (Å²) in [4.78, 5) is 0. The Morgan fingerprint density at radius 2 is 1.67 bits per heavy atom. The maximum Gasteiger partial charge on any atom is 0.122 e. The van der Waals surface area contributed by atoms with Crippen LogP contribution in [0.1, 0.15) is 11.1 Å². The van der Waals surface area contributed by atoms with Crippen LogP contribution in [-0.2, 0) is 6.42 Å². The zero-order chi connectivity index (χ0) is 13.0. The van der Waals surface area contributed by atoms with Crippen molar-refractivity contribution >= 4 is 22.6 Å². The Kier molecular flexibility index (Phi) is 4.47. The topological polar surface area (TPSA) is 18.5 Å². The Bertz CT molecular complexity index is 521. The van der Waals surface area contributed by atoms with Crippen molar-refractivity contribution in [1.29, 1.82) is 0 Å². The van der Waals surface area contributed by atoms with Gasteiger partial charge in [-0.3, -0.25) is 0 Å². The second-order valence-corrected chi connectivity index (χ2v) is 5.23. The molecule has 0 aromatic heterocycles. The first-order valence-corrected chi connectivity index (χ1v) is 6.76. The highest BCUT2D eigenvalue weighted by Crippen LogP contribution is 2.26. The second-order valence-electron chi connectivity index (χ2n) is 3.98. The summed E-state index contributed by atoms with van der Waals surface area (Å²) < 4.78 is 11.9. The van der Waals surface area contributed by atoms with E-state index in [1.165, 1.54) is 9.13 Å². The van der Waals surface area contributed by atoms with Crippen LogP contribution in [0.2, 0.25) is 0 Å². The highest BCUT2D eigenvalue weighted by atomic mass is 127. The molecule has 0 N–H and O–H groups in total. The summed E-state index contributed by atoms with van der Waals surface area (Å²) in [6, 6.07) is 14.4. The van der Waals surface area contributed by atoms with Crippen molar-refractivity contribution in [3.8, 4) is 11.5 Å². The number of ether oxygens (including phenoxy) is 2. The monoisotopic (exact) mass is 354 g/mol. The van der Waals surface area contributed by atoms with Crippen molar-refractivity contribution in [1.82, 2.24) is 0 Å². The maximum absolute atomic E-state index is 5.38. The first-order chi connectivity index (χ1) is 8.72. The van der Waals surface area contributed by atoms with Crippen LogP contribution in [0, 0.1) is 3.57 Å². The number of benzene rings is 2. The number of methoxy groups -OCH3 is 2. The Morgan fingerprint density at radius 1 is 0.944 bits per heavy atom. The van der Waals surface area contributed by atoms with Gasteiger partial charge in [0.25, 0.3) is 0 Å². The Hall–Kier alpha value is -1.23. The zero-order valence-corrected chi connectivity index (χ0v) is 12.6. The molecule has 18 heavy (non-hydrogen) atoms. The molecule has 0 aliphatic carbocycles. The molecule has 0 heterocycles. The molecular weight excluding hydrogens is 339 g/mol. The molecule has 0 spiro atoms. The first kappa shape index (κ1) is 13.2. The minimum absolute atomic E-state index is 0.845. The van der Waals surface area contributed by atoms with Gasteiger partial charge in [-0.1, -0.05) is 12.1 Å². The van der Waals surface area contributed by atoms with Crippen LogP contribution in [0.5, 0.6) is 11.5 Å². The highest BCUT2D eigenvalue weighted by molar-refractivity contribution is 14.1. The van der Waals surface area contributed by atoms with Crippen molar-refractivity contribution < 1.29 is 9.47 Å². The molecule has 0 saturated heterocycles. The molecule has 94 valence electrons. The van der Waals surface area contributed by atoms with Crippen LogP contribution in [-0.4, -0.2) is 14.2 Å². The van der Waals surface area contributed by atoms with Gasteiger partial charge >= 0.3 is 0 Å². The lowest BCUT2D eigenvalue weighted by molar-refractivity contribution is 0.399. The third-order valence-electron chi connectivity index (χ3n) is 2.80. The molecule has 2 aromatic rings. The normalized spacial score (nSPS) is 10.2. The van der Waals surface area contributed by atoms with Crippen LogP contribution in [0.3, 0.4) is 0 Å². The van der Waals surface area contributed by atoms with Gasteiger partial charge in [0.05, 0.1) is 14.2 Å². The van der Waals surface area contributed by atoms with E-state index in [-0.39, 0.29) is 0 Å². The Morgan fingerprint density at radius 3 is 2.28 bits per heavy atom. The predicted molar refractivity (Wildman–Crippen MR) is 81.5 cm³/mol. The van der Waals surface area contributed by atoms with Gasteiger partial charge in [0.2, 0.25) is 0 Å². The van der Waals surface area contributed by atoms with Crippen molar-refractivity contribution in [2.45, 2.75) is 6.42 Å². The van der Waals surface area contributed by atoms with E-state index in [2.05, 4.69) is 46.9 Å². The van der Waals surface area contributed by atoms with Crippen molar-refractivity contribution in [3.63, 3.8) is 0 Å². The van der Waals surface area contributed by atoms with E-state index in [0.29, 0.717) is 0 Å². The summed E-state index contributed by atoms with van der Waals surface area (Å²) in [6.07, 6.45) is 0.845. The molecule has 0 atom stereocenters. The highest BCUT2D eigenvalue weighted by Gasteiger charge is 2.06. The van der Waals surface area contributed by atoms with Gasteiger partial charge in [-0.2, -0.15) is 0 Å². The lowest BCUT2D eigenvalue weighted by Crippen LogP contribution is -1.95. The molecule has 3 heteroatoms. The third kappa shape index (κ3) is 3.16. The second kappa shape index (κ2) is 6.09. The van der Waals surface area contributed by atoms with Crippen molar-refractivity contribution in [3.05, 3.63) is 57.2 Å². The fourth-order valence-electron chi connectivity index (χ4n) is 1.84. The fourth-order valence-corrected chi connectivity index (χ4v) is 2.20. The quantitative estimate of drug-likeness (QED) is 0.776. The van der Waals surface area contributed by atoms with Crippen LogP contribution in [0.15, 0.2) is 42.5 Å². The van der Waals surface area contributed by atoms with Gasteiger partial charge in [-0.25, -0.2) is 0 Å². The average Bonchev–Trinajstić information content (AvgIpc) is 2.41. The minimum Gasteiger partial charge on any atom is -0.497 e. The van der Waals surface area contributed by atoms with Gasteiger partial charge in [-0.05, 0) is 58.5 Å². The molecule has 0 aliphatic rings. The average molecular weight is 354 g/mol. The summed E-state index contributed by atoms with van der Waals surface area (Å²) in [5.41, 5.74) is 2.40. The van der Waals surface area contributed by atoms with E-state index in [0.717, 1.165) is 23.5 Å². The molecule has 0 amide bonds. The van der Waals surface area contributed by atoms with Crippen LogP contribution in [0.4, 0.5) is 0 Å². The van der Waals surface area contributed by atoms with Crippen LogP contribution in [0.25, 0.3) is 0 Å². The summed E-state index contributed by atoms with van der Waals surface area (Å²) in [5, 5.41) is 0. The molecule has 0 radical (unpaired) electrons. The largest absolute Gasteiger partial charge is 0.497 e. The molecule has 0 fully saturated rings. The SMILES string of the molecule is COc1ccc(OC)c(Cc2ccc(I)cc2)c1. The molecule has 0 unspecified atom stereocenters. The minimum atomic E-state index is 0.845. The number of rotatable bonds is 4. The smallest absolute Gasteiger partial charge is 0.122 e. The van der Waals surface area contributed by atoms with Gasteiger partial charge in [0, 0.05) is 15.6 Å². The molecule has 2 nitrogen and oxygen atoms in total. The van der Waals surface area contributed by atoms with Crippen molar-refractivity contribution in [2.75, 3.05) is 14.2 Å².